The summed E-state index contributed by atoms with van der Waals surface area (Å²) in [6, 6.07) is 0. The summed E-state index contributed by atoms with van der Waals surface area (Å²) in [5.41, 5.74) is -0.286. The lowest BCUT2D eigenvalue weighted by Gasteiger charge is -2.32. The minimum atomic E-state index is -3.65. The molecule has 7 nitrogen and oxygen atoms in total. The zero-order chi connectivity index (χ0) is 15.8. The van der Waals surface area contributed by atoms with E-state index in [2.05, 4.69) is 15.0 Å². The molecule has 0 aliphatic carbocycles. The highest BCUT2D eigenvalue weighted by atomic mass is 32.2. The van der Waals surface area contributed by atoms with E-state index in [1.807, 2.05) is 38.2 Å². The maximum Gasteiger partial charge on any atom is 0.260 e. The fraction of sp³-hybridized carbons (Fsp3) is 0.583. The Kier molecular flexibility index (Phi) is 4.29. The van der Waals surface area contributed by atoms with Crippen LogP contribution >= 0.6 is 11.3 Å². The van der Waals surface area contributed by atoms with Gasteiger partial charge >= 0.3 is 0 Å². The van der Waals surface area contributed by atoms with Crippen LogP contribution < -0.4 is 10.0 Å². The summed E-state index contributed by atoms with van der Waals surface area (Å²) >= 11 is 1.39. The Morgan fingerprint density at radius 2 is 2.10 bits per heavy atom. The Labute approximate surface area is 129 Å². The Balaban J connectivity index is 2.36. The van der Waals surface area contributed by atoms with E-state index in [0.29, 0.717) is 17.3 Å². The molecular weight excluding hydrogens is 310 g/mol. The van der Waals surface area contributed by atoms with E-state index in [0.717, 1.165) is 0 Å². The average molecular weight is 331 g/mol. The van der Waals surface area contributed by atoms with Crippen LogP contribution in [0.1, 0.15) is 13.8 Å². The molecule has 0 radical (unpaired) electrons. The number of likely N-dealkylation sites (N-methyl/N-ethyl adjacent to an activating group) is 1. The monoisotopic (exact) mass is 331 g/mol. The summed E-state index contributed by atoms with van der Waals surface area (Å²) in [5.74, 6) is 0.358. The van der Waals surface area contributed by atoms with Crippen molar-refractivity contribution < 1.29 is 8.42 Å². The van der Waals surface area contributed by atoms with Crippen molar-refractivity contribution in [2.45, 2.75) is 24.4 Å². The Bertz CT molecular complexity index is 730. The van der Waals surface area contributed by atoms with Gasteiger partial charge in [-0.15, -0.1) is 11.3 Å². The lowest BCUT2D eigenvalue weighted by Crippen LogP contribution is -2.48. The lowest BCUT2D eigenvalue weighted by atomic mass is 10.1. The van der Waals surface area contributed by atoms with Crippen LogP contribution in [0.2, 0.25) is 0 Å². The van der Waals surface area contributed by atoms with Gasteiger partial charge in [0.05, 0.1) is 0 Å². The van der Waals surface area contributed by atoms with Crippen molar-refractivity contribution in [3.8, 4) is 0 Å². The maximum atomic E-state index is 12.6. The van der Waals surface area contributed by atoms with E-state index >= 15 is 0 Å². The largest absolute Gasteiger partial charge is 0.371 e. The van der Waals surface area contributed by atoms with Crippen molar-refractivity contribution in [1.82, 2.24) is 19.0 Å². The van der Waals surface area contributed by atoms with Gasteiger partial charge in [0.15, 0.2) is 15.8 Å². The SMILES string of the molecule is CNc1nc2sccn2c1S(=O)(=O)NCC(C)(C)N(C)C. The van der Waals surface area contributed by atoms with E-state index in [9.17, 15) is 8.42 Å². The Morgan fingerprint density at radius 1 is 1.43 bits per heavy atom. The average Bonchev–Trinajstić information content (AvgIpc) is 2.95. The van der Waals surface area contributed by atoms with E-state index in [4.69, 9.17) is 0 Å². The third-order valence-corrected chi connectivity index (χ3v) is 5.80. The van der Waals surface area contributed by atoms with Crippen molar-refractivity contribution in [3.05, 3.63) is 11.6 Å². The predicted octanol–water partition coefficient (Wildman–Crippen LogP) is 1.06. The number of rotatable bonds is 6. The molecule has 9 heteroatoms. The smallest absolute Gasteiger partial charge is 0.260 e. The second-order valence-electron chi connectivity index (χ2n) is 5.60. The van der Waals surface area contributed by atoms with Crippen LogP contribution in [-0.4, -0.2) is 55.9 Å². The van der Waals surface area contributed by atoms with Gasteiger partial charge in [0.1, 0.15) is 0 Å². The van der Waals surface area contributed by atoms with E-state index < -0.39 is 10.0 Å². The first-order valence-corrected chi connectivity index (χ1v) is 8.86. The van der Waals surface area contributed by atoms with Gasteiger partial charge in [0, 0.05) is 30.7 Å². The summed E-state index contributed by atoms with van der Waals surface area (Å²) in [7, 11) is 1.85. The molecule has 2 N–H and O–H groups in total. The second-order valence-corrected chi connectivity index (χ2v) is 8.16. The Hall–Kier alpha value is -1.16. The van der Waals surface area contributed by atoms with Gasteiger partial charge in [-0.25, -0.2) is 18.1 Å². The number of hydrogen-bond acceptors (Lipinski definition) is 6. The lowest BCUT2D eigenvalue weighted by molar-refractivity contribution is 0.199. The van der Waals surface area contributed by atoms with Gasteiger partial charge in [0.25, 0.3) is 10.0 Å². The van der Waals surface area contributed by atoms with Gasteiger partial charge in [0.2, 0.25) is 0 Å². The van der Waals surface area contributed by atoms with E-state index in [1.54, 1.807) is 17.6 Å². The molecular formula is C12H21N5O2S2. The molecule has 0 aromatic carbocycles. The molecule has 2 rings (SSSR count). The molecule has 2 heterocycles. The normalized spacial score (nSPS) is 13.2. The standard InChI is InChI=1S/C12H21N5O2S2/c1-12(2,16(4)5)8-14-21(18,19)10-9(13-3)15-11-17(10)6-7-20-11/h6-7,13-14H,8H2,1-5H3. The van der Waals surface area contributed by atoms with Crippen LogP contribution in [0, 0.1) is 0 Å². The molecule has 0 aliphatic rings. The number of fused-ring (bicyclic) bond motifs is 1. The zero-order valence-electron chi connectivity index (χ0n) is 12.8. The first-order valence-electron chi connectivity index (χ1n) is 6.49. The molecule has 0 amide bonds. The number of nitrogens with zero attached hydrogens (tertiary/aromatic N) is 3. The number of anilines is 1. The van der Waals surface area contributed by atoms with Crippen molar-refractivity contribution in [3.63, 3.8) is 0 Å². The van der Waals surface area contributed by atoms with Gasteiger partial charge in [-0.1, -0.05) is 0 Å². The quantitative estimate of drug-likeness (QED) is 0.827. The fourth-order valence-electron chi connectivity index (χ4n) is 1.68. The number of nitrogens with one attached hydrogen (secondary N) is 2. The second kappa shape index (κ2) is 5.56. The van der Waals surface area contributed by atoms with Crippen molar-refractivity contribution >= 4 is 32.1 Å². The van der Waals surface area contributed by atoms with Crippen LogP contribution in [-0.2, 0) is 10.0 Å². The highest BCUT2D eigenvalue weighted by Gasteiger charge is 2.29. The highest BCUT2D eigenvalue weighted by Crippen LogP contribution is 2.25. The van der Waals surface area contributed by atoms with E-state index in [1.165, 1.54) is 11.3 Å². The molecule has 21 heavy (non-hydrogen) atoms. The van der Waals surface area contributed by atoms with Crippen molar-refractivity contribution in [2.24, 2.45) is 0 Å². The summed E-state index contributed by atoms with van der Waals surface area (Å²) in [6.07, 6.45) is 1.71. The van der Waals surface area contributed by atoms with Crippen LogP contribution in [0.25, 0.3) is 4.96 Å². The molecule has 0 unspecified atom stereocenters. The first-order chi connectivity index (χ1) is 9.69. The molecule has 0 atom stereocenters. The molecule has 0 saturated heterocycles. The van der Waals surface area contributed by atoms with Gasteiger partial charge in [-0.05, 0) is 27.9 Å². The number of imidazole rings is 1. The number of sulfonamides is 1. The van der Waals surface area contributed by atoms with Gasteiger partial charge in [-0.3, -0.25) is 4.40 Å². The maximum absolute atomic E-state index is 12.6. The molecule has 0 saturated carbocycles. The minimum absolute atomic E-state index is 0.149. The number of hydrogen-bond donors (Lipinski definition) is 2. The van der Waals surface area contributed by atoms with Gasteiger partial charge < -0.3 is 10.2 Å². The van der Waals surface area contributed by atoms with Crippen molar-refractivity contribution in [2.75, 3.05) is 33.0 Å². The molecule has 118 valence electrons. The first kappa shape index (κ1) is 16.2. The van der Waals surface area contributed by atoms with Crippen LogP contribution in [0.5, 0.6) is 0 Å². The minimum Gasteiger partial charge on any atom is -0.371 e. The molecule has 0 spiro atoms. The van der Waals surface area contributed by atoms with Gasteiger partial charge in [-0.2, -0.15) is 0 Å². The summed E-state index contributed by atoms with van der Waals surface area (Å²) < 4.78 is 29.5. The summed E-state index contributed by atoms with van der Waals surface area (Å²) in [4.78, 5) is 6.90. The molecule has 2 aromatic heterocycles. The summed E-state index contributed by atoms with van der Waals surface area (Å²) in [6.45, 7) is 4.26. The molecule has 0 fully saturated rings. The molecule has 0 aliphatic heterocycles. The van der Waals surface area contributed by atoms with Crippen LogP contribution in [0.15, 0.2) is 16.6 Å². The van der Waals surface area contributed by atoms with Crippen molar-refractivity contribution in [1.29, 1.82) is 0 Å². The summed E-state index contributed by atoms with van der Waals surface area (Å²) in [5, 5.41) is 4.80. The number of aromatic nitrogens is 2. The third-order valence-electron chi connectivity index (χ3n) is 3.62. The Morgan fingerprint density at radius 3 is 2.67 bits per heavy atom. The van der Waals surface area contributed by atoms with Crippen LogP contribution in [0.3, 0.4) is 0 Å². The molecule has 0 bridgehead atoms. The fourth-order valence-corrected chi connectivity index (χ4v) is 3.94. The topological polar surface area (TPSA) is 78.7 Å². The van der Waals surface area contributed by atoms with E-state index in [-0.39, 0.29) is 10.6 Å². The highest BCUT2D eigenvalue weighted by molar-refractivity contribution is 7.89. The molecule has 2 aromatic rings. The number of thiazole rings is 1. The predicted molar refractivity (Wildman–Crippen MR) is 85.6 cm³/mol. The van der Waals surface area contributed by atoms with Crippen LogP contribution in [0.4, 0.5) is 5.82 Å². The third kappa shape index (κ3) is 3.05. The zero-order valence-corrected chi connectivity index (χ0v) is 14.5.